The number of aromatic nitrogens is 2. The van der Waals surface area contributed by atoms with Gasteiger partial charge >= 0.3 is 5.97 Å². The first-order chi connectivity index (χ1) is 20.2. The number of aliphatic hydroxyl groups is 1. The Bertz CT molecular complexity index is 1730. The average Bonchev–Trinajstić information content (AvgIpc) is 3.39. The number of aliphatic imine (C=N–C) groups is 1. The fraction of sp³-hybridized carbons (Fsp3) is 0.281. The molecule has 5 rings (SSSR count). The Balaban J connectivity index is 1.45. The highest BCUT2D eigenvalue weighted by atomic mass is 19.1. The zero-order valence-corrected chi connectivity index (χ0v) is 23.3. The molecule has 0 amide bonds. The summed E-state index contributed by atoms with van der Waals surface area (Å²) in [6, 6.07) is 18.2. The van der Waals surface area contributed by atoms with E-state index in [0.717, 1.165) is 5.56 Å². The second-order valence-electron chi connectivity index (χ2n) is 10.6. The molecule has 2 heterocycles. The molecule has 42 heavy (non-hydrogen) atoms. The second kappa shape index (κ2) is 12.0. The maximum atomic E-state index is 13.7. The summed E-state index contributed by atoms with van der Waals surface area (Å²) in [7, 11) is 1.70. The molecular formula is C32H31FN4O5. The minimum Gasteiger partial charge on any atom is -0.481 e. The van der Waals surface area contributed by atoms with E-state index in [2.05, 4.69) is 10.1 Å². The van der Waals surface area contributed by atoms with E-state index < -0.39 is 23.5 Å². The van der Waals surface area contributed by atoms with E-state index in [1.807, 2.05) is 24.3 Å². The number of carboxylic acids is 1. The van der Waals surface area contributed by atoms with Crippen LogP contribution in [0.4, 0.5) is 4.39 Å². The molecule has 0 bridgehead atoms. The van der Waals surface area contributed by atoms with E-state index in [1.165, 1.54) is 28.8 Å². The number of fused-ring (bicyclic) bond motifs is 1. The third kappa shape index (κ3) is 5.99. The molecule has 0 saturated carbocycles. The van der Waals surface area contributed by atoms with Gasteiger partial charge in [0.05, 0.1) is 22.3 Å². The van der Waals surface area contributed by atoms with Gasteiger partial charge in [-0.25, -0.2) is 9.37 Å². The first-order valence-corrected chi connectivity index (χ1v) is 13.7. The number of benzene rings is 3. The molecule has 9 nitrogen and oxygen atoms in total. The number of carbonyl (C=O) groups is 1. The molecule has 2 atom stereocenters. The standard InChI is InChI=1S/C32H31FN4O5/c1-32(30(40)21-9-7-20(8-10-21)19-34-2)18-27(36-42-32)22-11-16-25-26(17-22)35-28(5-3-4-6-29(38)39)37(31(25)41)24-14-12-23(33)13-15-24/h7-17,19,30,40H,3-6,18H2,1-2H3,(H,38,39). The number of rotatable bonds is 10. The van der Waals surface area contributed by atoms with Crippen molar-refractivity contribution in [2.45, 2.75) is 50.7 Å². The number of hydrogen-bond donors (Lipinski definition) is 2. The molecular weight excluding hydrogens is 539 g/mol. The number of nitrogens with zero attached hydrogens (tertiary/aromatic N) is 4. The molecule has 4 aromatic rings. The Morgan fingerprint density at radius 1 is 1.14 bits per heavy atom. The van der Waals surface area contributed by atoms with Crippen LogP contribution in [-0.4, -0.2) is 50.3 Å². The summed E-state index contributed by atoms with van der Waals surface area (Å²) in [6.07, 6.45) is 2.43. The normalized spacial score (nSPS) is 17.4. The Hall–Kier alpha value is -4.70. The number of aryl methyl sites for hydroxylation is 1. The summed E-state index contributed by atoms with van der Waals surface area (Å²) in [5.41, 5.74) is 2.54. The highest BCUT2D eigenvalue weighted by Crippen LogP contribution is 2.38. The van der Waals surface area contributed by atoms with Gasteiger partial charge in [0.25, 0.3) is 5.56 Å². The van der Waals surface area contributed by atoms with Crippen LogP contribution < -0.4 is 5.56 Å². The molecule has 1 aromatic heterocycles. The summed E-state index contributed by atoms with van der Waals surface area (Å²) in [5, 5.41) is 24.8. The minimum absolute atomic E-state index is 0.0140. The maximum Gasteiger partial charge on any atom is 0.303 e. The van der Waals surface area contributed by atoms with Gasteiger partial charge in [-0.1, -0.05) is 35.5 Å². The van der Waals surface area contributed by atoms with E-state index in [1.54, 1.807) is 38.4 Å². The van der Waals surface area contributed by atoms with Crippen molar-refractivity contribution in [3.05, 3.63) is 105 Å². The van der Waals surface area contributed by atoms with Crippen LogP contribution in [0.1, 0.15) is 61.2 Å². The lowest BCUT2D eigenvalue weighted by molar-refractivity contribution is -0.137. The monoisotopic (exact) mass is 570 g/mol. The number of oxime groups is 1. The molecule has 2 unspecified atom stereocenters. The number of aliphatic hydroxyl groups excluding tert-OH is 1. The van der Waals surface area contributed by atoms with Crippen LogP contribution in [-0.2, 0) is 16.1 Å². The summed E-state index contributed by atoms with van der Waals surface area (Å²) in [6.45, 7) is 1.80. The quantitative estimate of drug-likeness (QED) is 0.204. The molecule has 3 aromatic carbocycles. The number of unbranched alkanes of at least 4 members (excludes halogenated alkanes) is 1. The predicted molar refractivity (Wildman–Crippen MR) is 158 cm³/mol. The zero-order chi connectivity index (χ0) is 29.9. The van der Waals surface area contributed by atoms with Crippen molar-refractivity contribution in [2.24, 2.45) is 10.1 Å². The highest BCUT2D eigenvalue weighted by Gasteiger charge is 2.42. The van der Waals surface area contributed by atoms with Crippen molar-refractivity contribution in [1.82, 2.24) is 9.55 Å². The Labute approximate surface area is 241 Å². The highest BCUT2D eigenvalue weighted by molar-refractivity contribution is 6.04. The Morgan fingerprint density at radius 2 is 1.88 bits per heavy atom. The van der Waals surface area contributed by atoms with Gasteiger partial charge in [-0.2, -0.15) is 0 Å². The van der Waals surface area contributed by atoms with Gasteiger partial charge in [-0.3, -0.25) is 19.1 Å². The Kier molecular flexibility index (Phi) is 8.26. The van der Waals surface area contributed by atoms with Crippen molar-refractivity contribution in [2.75, 3.05) is 7.05 Å². The van der Waals surface area contributed by atoms with Crippen LogP contribution in [0.3, 0.4) is 0 Å². The van der Waals surface area contributed by atoms with Gasteiger partial charge in [0.1, 0.15) is 17.7 Å². The molecule has 0 aliphatic carbocycles. The number of hydrogen-bond acceptors (Lipinski definition) is 7. The Morgan fingerprint density at radius 3 is 2.57 bits per heavy atom. The third-order valence-corrected chi connectivity index (χ3v) is 7.39. The summed E-state index contributed by atoms with van der Waals surface area (Å²) >= 11 is 0. The fourth-order valence-electron chi connectivity index (χ4n) is 5.12. The van der Waals surface area contributed by atoms with Crippen LogP contribution in [0.5, 0.6) is 0 Å². The van der Waals surface area contributed by atoms with Crippen LogP contribution in [0, 0.1) is 5.82 Å². The SMILES string of the molecule is CN=Cc1ccc(C(O)C2(C)CC(c3ccc4c(=O)n(-c5ccc(F)cc5)c(CCCCC(=O)O)nc4c3)=NO2)cc1. The molecule has 0 saturated heterocycles. The van der Waals surface area contributed by atoms with Gasteiger partial charge < -0.3 is 15.1 Å². The van der Waals surface area contributed by atoms with Gasteiger partial charge in [0, 0.05) is 38.1 Å². The number of aliphatic carboxylic acids is 1. The minimum atomic E-state index is -1.00. The van der Waals surface area contributed by atoms with Gasteiger partial charge in [0.2, 0.25) is 0 Å². The van der Waals surface area contributed by atoms with E-state index in [4.69, 9.17) is 14.9 Å². The molecule has 1 aliphatic rings. The maximum absolute atomic E-state index is 13.7. The van der Waals surface area contributed by atoms with Gasteiger partial charge in [-0.15, -0.1) is 0 Å². The summed E-state index contributed by atoms with van der Waals surface area (Å²) in [4.78, 5) is 39.2. The topological polar surface area (TPSA) is 126 Å². The lowest BCUT2D eigenvalue weighted by Gasteiger charge is -2.27. The van der Waals surface area contributed by atoms with E-state index in [-0.39, 0.29) is 12.0 Å². The fourth-order valence-corrected chi connectivity index (χ4v) is 5.12. The van der Waals surface area contributed by atoms with E-state index >= 15 is 0 Å². The lowest BCUT2D eigenvalue weighted by atomic mass is 9.87. The van der Waals surface area contributed by atoms with Gasteiger partial charge in [-0.05, 0) is 67.3 Å². The summed E-state index contributed by atoms with van der Waals surface area (Å²) < 4.78 is 15.1. The van der Waals surface area contributed by atoms with E-state index in [9.17, 15) is 19.1 Å². The molecule has 0 radical (unpaired) electrons. The second-order valence-corrected chi connectivity index (χ2v) is 10.6. The average molecular weight is 571 g/mol. The molecule has 0 fully saturated rings. The van der Waals surface area contributed by atoms with Crippen molar-refractivity contribution < 1.29 is 24.2 Å². The van der Waals surface area contributed by atoms with Crippen molar-refractivity contribution in [3.63, 3.8) is 0 Å². The summed E-state index contributed by atoms with van der Waals surface area (Å²) in [5.74, 6) is -0.863. The first-order valence-electron chi connectivity index (χ1n) is 13.7. The smallest absolute Gasteiger partial charge is 0.303 e. The number of carboxylic acid groups (broad SMARTS) is 1. The van der Waals surface area contributed by atoms with Crippen molar-refractivity contribution >= 4 is 28.8 Å². The van der Waals surface area contributed by atoms with Crippen LogP contribution in [0.25, 0.3) is 16.6 Å². The number of halogens is 1. The zero-order valence-electron chi connectivity index (χ0n) is 23.3. The van der Waals surface area contributed by atoms with Gasteiger partial charge in [0.15, 0.2) is 5.60 Å². The molecule has 2 N–H and O–H groups in total. The largest absolute Gasteiger partial charge is 0.481 e. The van der Waals surface area contributed by atoms with Crippen LogP contribution in [0.15, 0.2) is 81.7 Å². The van der Waals surface area contributed by atoms with Crippen LogP contribution in [0.2, 0.25) is 0 Å². The first kappa shape index (κ1) is 28.8. The van der Waals surface area contributed by atoms with E-state index in [0.29, 0.717) is 64.9 Å². The van der Waals surface area contributed by atoms with Crippen molar-refractivity contribution in [3.8, 4) is 5.69 Å². The molecule has 216 valence electrons. The predicted octanol–water partition coefficient (Wildman–Crippen LogP) is 4.99. The molecule has 10 heteroatoms. The van der Waals surface area contributed by atoms with Crippen LogP contribution >= 0.6 is 0 Å². The van der Waals surface area contributed by atoms with Crippen molar-refractivity contribution in [1.29, 1.82) is 0 Å². The lowest BCUT2D eigenvalue weighted by Crippen LogP contribution is -2.33. The molecule has 0 spiro atoms. The molecule has 1 aliphatic heterocycles. The third-order valence-electron chi connectivity index (χ3n) is 7.39.